The summed E-state index contributed by atoms with van der Waals surface area (Å²) in [5, 5.41) is 3.88. The summed E-state index contributed by atoms with van der Waals surface area (Å²) in [6.07, 6.45) is 3.69. The molecule has 1 N–H and O–H groups in total. The Bertz CT molecular complexity index is 554. The van der Waals surface area contributed by atoms with Crippen molar-refractivity contribution in [2.24, 2.45) is 5.92 Å². The van der Waals surface area contributed by atoms with Gasteiger partial charge in [-0.3, -0.25) is 0 Å². The first kappa shape index (κ1) is 16.1. The molecule has 20 heavy (non-hydrogen) atoms. The van der Waals surface area contributed by atoms with Gasteiger partial charge in [0.15, 0.2) is 9.84 Å². The van der Waals surface area contributed by atoms with Gasteiger partial charge in [0.05, 0.1) is 4.90 Å². The van der Waals surface area contributed by atoms with Gasteiger partial charge in [0.2, 0.25) is 0 Å². The van der Waals surface area contributed by atoms with Crippen molar-refractivity contribution in [3.8, 4) is 0 Å². The second kappa shape index (κ2) is 7.16. The van der Waals surface area contributed by atoms with Crippen LogP contribution in [0.4, 0.5) is 0 Å². The van der Waals surface area contributed by atoms with Crippen molar-refractivity contribution in [2.75, 3.05) is 24.3 Å². The molecule has 0 atom stereocenters. The molecular weight excluding hydrogens is 314 g/mol. The number of nitrogens with one attached hydrogen (secondary N) is 1. The zero-order valence-electron chi connectivity index (χ0n) is 11.6. The number of thioether (sulfide) groups is 1. The lowest BCUT2D eigenvalue weighted by Crippen LogP contribution is -2.26. The molecule has 0 aliphatic carbocycles. The summed E-state index contributed by atoms with van der Waals surface area (Å²) < 4.78 is 23.6. The number of rotatable bonds is 5. The van der Waals surface area contributed by atoms with Crippen molar-refractivity contribution in [3.05, 3.63) is 28.8 Å². The minimum atomic E-state index is -3.24. The normalized spacial score (nSPS) is 17.3. The number of sulfone groups is 1. The molecule has 0 saturated carbocycles. The zero-order chi connectivity index (χ0) is 14.6. The molecule has 1 heterocycles. The minimum Gasteiger partial charge on any atom is -0.312 e. The Labute approximate surface area is 130 Å². The molecule has 112 valence electrons. The smallest absolute Gasteiger partial charge is 0.175 e. The van der Waals surface area contributed by atoms with Gasteiger partial charge >= 0.3 is 0 Å². The van der Waals surface area contributed by atoms with Crippen LogP contribution in [-0.4, -0.2) is 32.7 Å². The van der Waals surface area contributed by atoms with Crippen molar-refractivity contribution in [2.45, 2.75) is 24.3 Å². The molecule has 0 bridgehead atoms. The summed E-state index contributed by atoms with van der Waals surface area (Å²) in [5.74, 6) is 3.15. The topological polar surface area (TPSA) is 46.2 Å². The Hall–Kier alpha value is -0.230. The first-order valence-corrected chi connectivity index (χ1v) is 10.2. The molecule has 1 aromatic rings. The summed E-state index contributed by atoms with van der Waals surface area (Å²) in [7, 11) is -3.24. The van der Waals surface area contributed by atoms with Crippen molar-refractivity contribution in [1.82, 2.24) is 5.32 Å². The zero-order valence-corrected chi connectivity index (χ0v) is 14.0. The van der Waals surface area contributed by atoms with E-state index in [9.17, 15) is 8.42 Å². The molecule has 0 radical (unpaired) electrons. The lowest BCUT2D eigenvalue weighted by Gasteiger charge is -2.22. The van der Waals surface area contributed by atoms with Gasteiger partial charge in [0.25, 0.3) is 0 Å². The molecule has 1 aromatic carbocycles. The Morgan fingerprint density at radius 1 is 1.35 bits per heavy atom. The lowest BCUT2D eigenvalue weighted by molar-refractivity contribution is 0.446. The fourth-order valence-corrected chi connectivity index (χ4v) is 4.87. The van der Waals surface area contributed by atoms with Gasteiger partial charge < -0.3 is 5.32 Å². The molecule has 1 saturated heterocycles. The molecule has 2 rings (SSSR count). The predicted molar refractivity (Wildman–Crippen MR) is 86.3 cm³/mol. The van der Waals surface area contributed by atoms with Crippen molar-refractivity contribution >= 4 is 33.2 Å². The molecule has 0 spiro atoms. The summed E-state index contributed by atoms with van der Waals surface area (Å²) in [4.78, 5) is 0.330. The van der Waals surface area contributed by atoms with E-state index in [-0.39, 0.29) is 0 Å². The Morgan fingerprint density at radius 3 is 2.70 bits per heavy atom. The van der Waals surface area contributed by atoms with E-state index in [1.54, 1.807) is 18.2 Å². The second-order valence-electron chi connectivity index (χ2n) is 5.18. The summed E-state index contributed by atoms with van der Waals surface area (Å²) >= 11 is 8.16. The molecule has 3 nitrogen and oxygen atoms in total. The van der Waals surface area contributed by atoms with Gasteiger partial charge in [-0.05, 0) is 48.9 Å². The first-order valence-electron chi connectivity index (χ1n) is 6.74. The monoisotopic (exact) mass is 333 g/mol. The van der Waals surface area contributed by atoms with E-state index in [0.29, 0.717) is 27.9 Å². The number of hydrogen-bond donors (Lipinski definition) is 1. The predicted octanol–water partition coefficient (Wildman–Crippen LogP) is 2.98. The lowest BCUT2D eigenvalue weighted by atomic mass is 10.0. The molecule has 0 aromatic heterocycles. The average Bonchev–Trinajstić information content (AvgIpc) is 2.40. The molecule has 1 aliphatic heterocycles. The van der Waals surface area contributed by atoms with Crippen LogP contribution < -0.4 is 5.32 Å². The maximum absolute atomic E-state index is 11.8. The van der Waals surface area contributed by atoms with E-state index in [1.807, 2.05) is 11.8 Å². The van der Waals surface area contributed by atoms with Crippen LogP contribution in [0.1, 0.15) is 18.4 Å². The number of hydrogen-bond acceptors (Lipinski definition) is 4. The van der Waals surface area contributed by atoms with Crippen LogP contribution in [-0.2, 0) is 16.4 Å². The Kier molecular flexibility index (Phi) is 5.78. The summed E-state index contributed by atoms with van der Waals surface area (Å²) in [6.45, 7) is 1.43. The molecular formula is C14H20ClNO2S2. The summed E-state index contributed by atoms with van der Waals surface area (Å²) in [5.41, 5.74) is 0.682. The minimum absolute atomic E-state index is 0.330. The van der Waals surface area contributed by atoms with E-state index in [4.69, 9.17) is 11.6 Å². The average molecular weight is 334 g/mol. The van der Waals surface area contributed by atoms with Crippen LogP contribution >= 0.6 is 23.4 Å². The highest BCUT2D eigenvalue weighted by Crippen LogP contribution is 2.25. The maximum atomic E-state index is 11.8. The van der Waals surface area contributed by atoms with Crippen LogP contribution in [0.5, 0.6) is 0 Å². The van der Waals surface area contributed by atoms with Crippen molar-refractivity contribution in [3.63, 3.8) is 0 Å². The van der Waals surface area contributed by atoms with E-state index >= 15 is 0 Å². The highest BCUT2D eigenvalue weighted by Gasteiger charge is 2.17. The first-order chi connectivity index (χ1) is 9.48. The molecule has 1 fully saturated rings. The largest absolute Gasteiger partial charge is 0.312 e. The van der Waals surface area contributed by atoms with Gasteiger partial charge in [-0.1, -0.05) is 17.7 Å². The Morgan fingerprint density at radius 2 is 2.05 bits per heavy atom. The Balaban J connectivity index is 2.01. The third-order valence-electron chi connectivity index (χ3n) is 3.55. The van der Waals surface area contributed by atoms with Crippen LogP contribution in [0.2, 0.25) is 5.02 Å². The molecule has 0 amide bonds. The van der Waals surface area contributed by atoms with Crippen LogP contribution in [0.25, 0.3) is 0 Å². The van der Waals surface area contributed by atoms with Gasteiger partial charge in [-0.15, -0.1) is 0 Å². The number of benzene rings is 1. The van der Waals surface area contributed by atoms with Crippen LogP contribution in [0, 0.1) is 5.92 Å². The SMILES string of the molecule is CS(=O)(=O)c1cccc(Cl)c1CNCC1CCSCC1. The van der Waals surface area contributed by atoms with Gasteiger partial charge in [0.1, 0.15) is 0 Å². The third-order valence-corrected chi connectivity index (χ3v) is 6.14. The van der Waals surface area contributed by atoms with E-state index in [0.717, 1.165) is 6.54 Å². The van der Waals surface area contributed by atoms with E-state index < -0.39 is 9.84 Å². The quantitative estimate of drug-likeness (QED) is 0.899. The van der Waals surface area contributed by atoms with E-state index in [1.165, 1.54) is 30.6 Å². The van der Waals surface area contributed by atoms with Crippen LogP contribution in [0.15, 0.2) is 23.1 Å². The highest BCUT2D eigenvalue weighted by molar-refractivity contribution is 7.99. The summed E-state index contributed by atoms with van der Waals surface area (Å²) in [6, 6.07) is 5.04. The standard InChI is InChI=1S/C14H20ClNO2S2/c1-20(17,18)14-4-2-3-13(15)12(14)10-16-9-11-5-7-19-8-6-11/h2-4,11,16H,5-10H2,1H3. The number of halogens is 1. The second-order valence-corrected chi connectivity index (χ2v) is 8.79. The fraction of sp³-hybridized carbons (Fsp3) is 0.571. The highest BCUT2D eigenvalue weighted by atomic mass is 35.5. The molecule has 6 heteroatoms. The van der Waals surface area contributed by atoms with Gasteiger partial charge in [-0.25, -0.2) is 8.42 Å². The maximum Gasteiger partial charge on any atom is 0.175 e. The fourth-order valence-electron chi connectivity index (χ4n) is 2.41. The van der Waals surface area contributed by atoms with Crippen molar-refractivity contribution < 1.29 is 8.42 Å². The van der Waals surface area contributed by atoms with Crippen molar-refractivity contribution in [1.29, 1.82) is 0 Å². The van der Waals surface area contributed by atoms with Crippen LogP contribution in [0.3, 0.4) is 0 Å². The van der Waals surface area contributed by atoms with E-state index in [2.05, 4.69) is 5.32 Å². The van der Waals surface area contributed by atoms with Gasteiger partial charge in [0, 0.05) is 23.4 Å². The molecule has 0 unspecified atom stereocenters. The van der Waals surface area contributed by atoms with Gasteiger partial charge in [-0.2, -0.15) is 11.8 Å². The third kappa shape index (κ3) is 4.38. The molecule has 1 aliphatic rings.